The maximum Gasteiger partial charge on any atom is 0.203 e. The second-order valence-electron chi connectivity index (χ2n) is 8.97. The van der Waals surface area contributed by atoms with E-state index >= 15 is 0 Å². The summed E-state index contributed by atoms with van der Waals surface area (Å²) in [5.41, 5.74) is 5.62. The highest BCUT2D eigenvalue weighted by Crippen LogP contribution is 2.30. The molecule has 0 amide bonds. The van der Waals surface area contributed by atoms with Gasteiger partial charge in [-0.3, -0.25) is 9.38 Å². The third kappa shape index (κ3) is 3.85. The zero-order chi connectivity index (χ0) is 23.9. The minimum absolute atomic E-state index is 0.592. The highest BCUT2D eigenvalue weighted by Gasteiger charge is 2.20. The molecule has 6 rings (SSSR count). The molecular formula is C25H28N10. The molecule has 0 atom stereocenters. The van der Waals surface area contributed by atoms with E-state index in [4.69, 9.17) is 9.97 Å². The van der Waals surface area contributed by atoms with Crippen LogP contribution in [0.2, 0.25) is 0 Å². The summed E-state index contributed by atoms with van der Waals surface area (Å²) in [6.07, 6.45) is 3.79. The minimum Gasteiger partial charge on any atom is -0.370 e. The van der Waals surface area contributed by atoms with Gasteiger partial charge in [0.05, 0.1) is 23.3 Å². The van der Waals surface area contributed by atoms with E-state index in [1.807, 2.05) is 49.0 Å². The lowest BCUT2D eigenvalue weighted by Gasteiger charge is -2.34. The molecule has 0 saturated carbocycles. The molecule has 10 heteroatoms. The van der Waals surface area contributed by atoms with Crippen molar-refractivity contribution in [1.82, 2.24) is 39.0 Å². The van der Waals surface area contributed by atoms with Crippen LogP contribution in [0, 0.1) is 6.92 Å². The Morgan fingerprint density at radius 1 is 1.00 bits per heavy atom. The van der Waals surface area contributed by atoms with Crippen LogP contribution in [-0.4, -0.2) is 79.3 Å². The van der Waals surface area contributed by atoms with Gasteiger partial charge in [0.15, 0.2) is 11.6 Å². The summed E-state index contributed by atoms with van der Waals surface area (Å²) >= 11 is 0. The lowest BCUT2D eigenvalue weighted by molar-refractivity contribution is 0.313. The molecule has 1 fully saturated rings. The van der Waals surface area contributed by atoms with Crippen LogP contribution >= 0.6 is 0 Å². The number of aryl methyl sites for hydroxylation is 1. The average molecular weight is 469 g/mol. The van der Waals surface area contributed by atoms with Crippen molar-refractivity contribution < 1.29 is 0 Å². The van der Waals surface area contributed by atoms with Gasteiger partial charge < -0.3 is 19.7 Å². The average Bonchev–Trinajstić information content (AvgIpc) is 3.44. The second kappa shape index (κ2) is 8.62. The SMILES string of the molecule is CNc1nc(-c2nc3ccc(N4CCN(C)CC4)cc3n2Cc2ccccn2)cn2c(C)nnc12. The molecule has 35 heavy (non-hydrogen) atoms. The van der Waals surface area contributed by atoms with E-state index in [0.717, 1.165) is 60.2 Å². The standard InChI is InChI=1S/C25H28N10/c1-17-30-31-25-23(26-2)28-21(16-34(17)25)24-29-20-8-7-19(33-12-10-32(3)11-13-33)14-22(20)35(24)15-18-6-4-5-9-27-18/h4-9,14,16H,10-13,15H2,1-3H3,(H,26,28). The number of aromatic nitrogens is 7. The molecule has 1 saturated heterocycles. The number of rotatable bonds is 5. The molecule has 1 aliphatic rings. The molecule has 5 heterocycles. The molecule has 1 aliphatic heterocycles. The Hall–Kier alpha value is -4.05. The Labute approximate surface area is 203 Å². The monoisotopic (exact) mass is 468 g/mol. The summed E-state index contributed by atoms with van der Waals surface area (Å²) in [5.74, 6) is 2.25. The largest absolute Gasteiger partial charge is 0.370 e. The maximum atomic E-state index is 5.04. The Morgan fingerprint density at radius 3 is 2.63 bits per heavy atom. The van der Waals surface area contributed by atoms with Crippen molar-refractivity contribution in [2.24, 2.45) is 0 Å². The maximum absolute atomic E-state index is 5.04. The van der Waals surface area contributed by atoms with Crippen molar-refractivity contribution >= 4 is 28.2 Å². The lowest BCUT2D eigenvalue weighted by Crippen LogP contribution is -2.44. The number of nitrogens with zero attached hydrogens (tertiary/aromatic N) is 9. The molecule has 1 N–H and O–H groups in total. The van der Waals surface area contributed by atoms with Gasteiger partial charge in [0.2, 0.25) is 5.65 Å². The van der Waals surface area contributed by atoms with Crippen LogP contribution in [0.25, 0.3) is 28.2 Å². The number of hydrogen-bond acceptors (Lipinski definition) is 8. The number of pyridine rings is 1. The highest BCUT2D eigenvalue weighted by molar-refractivity contribution is 5.84. The quantitative estimate of drug-likeness (QED) is 0.421. The predicted octanol–water partition coefficient (Wildman–Crippen LogP) is 2.69. The van der Waals surface area contributed by atoms with Crippen molar-refractivity contribution in [3.05, 3.63) is 60.3 Å². The zero-order valence-electron chi connectivity index (χ0n) is 20.2. The van der Waals surface area contributed by atoms with Gasteiger partial charge in [-0.15, -0.1) is 10.2 Å². The molecular weight excluding hydrogens is 440 g/mol. The topological polar surface area (TPSA) is 92.3 Å². The predicted molar refractivity (Wildman–Crippen MR) is 137 cm³/mol. The van der Waals surface area contributed by atoms with E-state index in [1.165, 1.54) is 5.69 Å². The fourth-order valence-electron chi connectivity index (χ4n) is 4.66. The van der Waals surface area contributed by atoms with Gasteiger partial charge >= 0.3 is 0 Å². The van der Waals surface area contributed by atoms with Crippen LogP contribution in [0.5, 0.6) is 0 Å². The summed E-state index contributed by atoms with van der Waals surface area (Å²) in [6.45, 7) is 6.67. The van der Waals surface area contributed by atoms with Gasteiger partial charge in [-0.2, -0.15) is 0 Å². The molecule has 0 radical (unpaired) electrons. The summed E-state index contributed by atoms with van der Waals surface area (Å²) in [4.78, 5) is 19.3. The van der Waals surface area contributed by atoms with E-state index < -0.39 is 0 Å². The molecule has 10 nitrogen and oxygen atoms in total. The van der Waals surface area contributed by atoms with Crippen molar-refractivity contribution in [1.29, 1.82) is 0 Å². The van der Waals surface area contributed by atoms with Gasteiger partial charge in [0.1, 0.15) is 11.5 Å². The van der Waals surface area contributed by atoms with Gasteiger partial charge in [0.25, 0.3) is 0 Å². The van der Waals surface area contributed by atoms with E-state index in [9.17, 15) is 0 Å². The van der Waals surface area contributed by atoms with Gasteiger partial charge in [0, 0.05) is 51.3 Å². The Balaban J connectivity index is 1.52. The number of fused-ring (bicyclic) bond motifs is 2. The van der Waals surface area contributed by atoms with Crippen LogP contribution in [0.15, 0.2) is 48.8 Å². The highest BCUT2D eigenvalue weighted by atomic mass is 15.3. The van der Waals surface area contributed by atoms with Crippen LogP contribution in [0.3, 0.4) is 0 Å². The van der Waals surface area contributed by atoms with Crippen LogP contribution in [0.1, 0.15) is 11.5 Å². The number of benzene rings is 1. The first-order chi connectivity index (χ1) is 17.1. The number of likely N-dealkylation sites (N-methyl/N-ethyl adjacent to an activating group) is 1. The number of nitrogens with one attached hydrogen (secondary N) is 1. The van der Waals surface area contributed by atoms with Crippen LogP contribution < -0.4 is 10.2 Å². The summed E-state index contributed by atoms with van der Waals surface area (Å²) < 4.78 is 4.17. The summed E-state index contributed by atoms with van der Waals surface area (Å²) in [7, 11) is 4.02. The molecule has 178 valence electrons. The Morgan fingerprint density at radius 2 is 1.86 bits per heavy atom. The van der Waals surface area contributed by atoms with E-state index in [-0.39, 0.29) is 0 Å². The van der Waals surface area contributed by atoms with E-state index in [1.54, 1.807) is 0 Å². The number of piperazine rings is 1. The molecule has 0 spiro atoms. The van der Waals surface area contributed by atoms with E-state index in [2.05, 4.69) is 60.1 Å². The fourth-order valence-corrected chi connectivity index (χ4v) is 4.66. The molecule has 1 aromatic carbocycles. The van der Waals surface area contributed by atoms with Gasteiger partial charge in [-0.1, -0.05) is 6.07 Å². The lowest BCUT2D eigenvalue weighted by atomic mass is 10.2. The molecule has 0 unspecified atom stereocenters. The third-order valence-corrected chi connectivity index (χ3v) is 6.67. The molecule has 5 aromatic rings. The van der Waals surface area contributed by atoms with Crippen molar-refractivity contribution in [3.63, 3.8) is 0 Å². The first-order valence-electron chi connectivity index (χ1n) is 11.8. The van der Waals surface area contributed by atoms with Gasteiger partial charge in [-0.05, 0) is 44.3 Å². The van der Waals surface area contributed by atoms with Crippen LogP contribution in [0.4, 0.5) is 11.5 Å². The van der Waals surface area contributed by atoms with Crippen molar-refractivity contribution in [2.45, 2.75) is 13.5 Å². The molecule has 0 aliphatic carbocycles. The summed E-state index contributed by atoms with van der Waals surface area (Å²) in [6, 6.07) is 12.5. The first-order valence-corrected chi connectivity index (χ1v) is 11.8. The Kier molecular flexibility index (Phi) is 5.29. The smallest absolute Gasteiger partial charge is 0.203 e. The zero-order valence-corrected chi connectivity index (χ0v) is 20.2. The number of hydrogen-bond donors (Lipinski definition) is 1. The van der Waals surface area contributed by atoms with Gasteiger partial charge in [-0.25, -0.2) is 9.97 Å². The molecule has 0 bridgehead atoms. The normalized spacial score (nSPS) is 14.8. The van der Waals surface area contributed by atoms with Crippen LogP contribution in [-0.2, 0) is 6.54 Å². The van der Waals surface area contributed by atoms with Crippen molar-refractivity contribution in [3.8, 4) is 11.5 Å². The first kappa shape index (κ1) is 21.5. The summed E-state index contributed by atoms with van der Waals surface area (Å²) in [5, 5.41) is 11.7. The Bertz CT molecular complexity index is 1500. The molecule has 4 aromatic heterocycles. The minimum atomic E-state index is 0.592. The van der Waals surface area contributed by atoms with Crippen molar-refractivity contribution in [2.75, 3.05) is 50.5 Å². The number of anilines is 2. The van der Waals surface area contributed by atoms with E-state index in [0.29, 0.717) is 18.0 Å². The fraction of sp³-hybridized carbons (Fsp3) is 0.320. The third-order valence-electron chi connectivity index (χ3n) is 6.67. The second-order valence-corrected chi connectivity index (χ2v) is 8.97. The number of imidazole rings is 1.